The van der Waals surface area contributed by atoms with Crippen LogP contribution in [0.1, 0.15) is 24.0 Å². The fraction of sp³-hybridized carbons (Fsp3) is 0.231. The molecule has 0 atom stereocenters. The summed E-state index contributed by atoms with van der Waals surface area (Å²) in [6, 6.07) is 18.1. The number of sulfonamides is 1. The lowest BCUT2D eigenvalue weighted by atomic mass is 10.1. The Balaban J connectivity index is 1.59. The summed E-state index contributed by atoms with van der Waals surface area (Å²) in [6.07, 6.45) is 1.36. The van der Waals surface area contributed by atoms with Crippen molar-refractivity contribution in [1.29, 1.82) is 0 Å². The van der Waals surface area contributed by atoms with Gasteiger partial charge in [-0.25, -0.2) is 8.42 Å². The maximum absolute atomic E-state index is 13.5. The Bertz CT molecular complexity index is 1370. The number of benzene rings is 3. The standard InChI is InChI=1S/C26H26ClN3O4S/c1-18-5-3-6-22(15-18)30(35(33,34)23-11-8-20(27)9-12-23)17-25(31)28-21-10-13-24(19(2)16-21)29-14-4-7-26(29)32/h3,5-6,8-13,15-16H,4,7,14,17H2,1-2H3,(H,28,31). The van der Waals surface area contributed by atoms with Gasteiger partial charge in [0, 0.05) is 29.4 Å². The predicted octanol–water partition coefficient (Wildman–Crippen LogP) is 4.92. The Morgan fingerprint density at radius 2 is 1.80 bits per heavy atom. The van der Waals surface area contributed by atoms with Gasteiger partial charge in [0.05, 0.1) is 10.6 Å². The number of rotatable bonds is 7. The monoisotopic (exact) mass is 511 g/mol. The molecule has 0 unspecified atom stereocenters. The van der Waals surface area contributed by atoms with Crippen LogP contribution in [0.5, 0.6) is 0 Å². The summed E-state index contributed by atoms with van der Waals surface area (Å²) in [5, 5.41) is 3.20. The maximum Gasteiger partial charge on any atom is 0.264 e. The van der Waals surface area contributed by atoms with Gasteiger partial charge in [-0.1, -0.05) is 23.7 Å². The fourth-order valence-corrected chi connectivity index (χ4v) is 5.64. The highest BCUT2D eigenvalue weighted by molar-refractivity contribution is 7.92. The van der Waals surface area contributed by atoms with Gasteiger partial charge in [0.1, 0.15) is 6.54 Å². The van der Waals surface area contributed by atoms with Crippen LogP contribution in [0.4, 0.5) is 17.1 Å². The highest BCUT2D eigenvalue weighted by atomic mass is 35.5. The van der Waals surface area contributed by atoms with Gasteiger partial charge in [-0.3, -0.25) is 13.9 Å². The minimum atomic E-state index is -4.04. The predicted molar refractivity (Wildman–Crippen MR) is 139 cm³/mol. The molecule has 3 aromatic carbocycles. The summed E-state index contributed by atoms with van der Waals surface area (Å²) in [6.45, 7) is 3.99. The molecule has 0 aliphatic carbocycles. The summed E-state index contributed by atoms with van der Waals surface area (Å²) in [5.41, 5.74) is 3.44. The molecule has 0 radical (unpaired) electrons. The quantitative estimate of drug-likeness (QED) is 0.488. The first-order valence-corrected chi connectivity index (χ1v) is 13.0. The molecular weight excluding hydrogens is 486 g/mol. The molecule has 3 aromatic rings. The third-order valence-electron chi connectivity index (χ3n) is 5.82. The summed E-state index contributed by atoms with van der Waals surface area (Å²) in [7, 11) is -4.04. The molecular formula is C26H26ClN3O4S. The normalized spacial score (nSPS) is 13.7. The zero-order valence-electron chi connectivity index (χ0n) is 19.5. The van der Waals surface area contributed by atoms with Crippen LogP contribution in [0.3, 0.4) is 0 Å². The molecule has 2 amide bonds. The van der Waals surface area contributed by atoms with E-state index in [0.29, 0.717) is 29.4 Å². The summed E-state index contributed by atoms with van der Waals surface area (Å²) in [4.78, 5) is 26.9. The molecule has 7 nitrogen and oxygen atoms in total. The first-order valence-electron chi connectivity index (χ1n) is 11.2. The van der Waals surface area contributed by atoms with E-state index in [4.69, 9.17) is 11.6 Å². The number of nitrogens with one attached hydrogen (secondary N) is 1. The van der Waals surface area contributed by atoms with E-state index in [1.807, 2.05) is 19.9 Å². The van der Waals surface area contributed by atoms with Crippen LogP contribution in [0.15, 0.2) is 71.6 Å². The number of hydrogen-bond donors (Lipinski definition) is 1. The SMILES string of the molecule is Cc1cccc(N(CC(=O)Nc2ccc(N3CCCC3=O)c(C)c2)S(=O)(=O)c2ccc(Cl)cc2)c1. The number of aryl methyl sites for hydroxylation is 2. The highest BCUT2D eigenvalue weighted by Crippen LogP contribution is 2.28. The van der Waals surface area contributed by atoms with Gasteiger partial charge >= 0.3 is 0 Å². The second-order valence-electron chi connectivity index (χ2n) is 8.50. The minimum absolute atomic E-state index is 0.0340. The van der Waals surface area contributed by atoms with Gasteiger partial charge in [0.2, 0.25) is 11.8 Å². The molecule has 1 fully saturated rings. The molecule has 0 spiro atoms. The zero-order chi connectivity index (χ0) is 25.2. The number of anilines is 3. The first-order chi connectivity index (χ1) is 16.6. The Labute approximate surface area is 210 Å². The van der Waals surface area contributed by atoms with E-state index < -0.39 is 22.5 Å². The maximum atomic E-state index is 13.5. The summed E-state index contributed by atoms with van der Waals surface area (Å²) < 4.78 is 28.1. The van der Waals surface area contributed by atoms with E-state index in [9.17, 15) is 18.0 Å². The van der Waals surface area contributed by atoms with E-state index in [1.165, 1.54) is 24.3 Å². The third-order valence-corrected chi connectivity index (χ3v) is 7.86. The Morgan fingerprint density at radius 3 is 2.43 bits per heavy atom. The van der Waals surface area contributed by atoms with Crippen molar-refractivity contribution >= 4 is 50.5 Å². The van der Waals surface area contributed by atoms with Crippen LogP contribution in [0.2, 0.25) is 5.02 Å². The van der Waals surface area contributed by atoms with Gasteiger partial charge in [-0.15, -0.1) is 0 Å². The van der Waals surface area contributed by atoms with Gasteiger partial charge in [-0.05, 0) is 86.0 Å². The third kappa shape index (κ3) is 5.49. The van der Waals surface area contributed by atoms with E-state index in [2.05, 4.69) is 5.32 Å². The minimum Gasteiger partial charge on any atom is -0.325 e. The first kappa shape index (κ1) is 24.8. The smallest absolute Gasteiger partial charge is 0.264 e. The van der Waals surface area contributed by atoms with Gasteiger partial charge in [0.25, 0.3) is 10.0 Å². The largest absolute Gasteiger partial charge is 0.325 e. The number of carbonyl (C=O) groups excluding carboxylic acids is 2. The van der Waals surface area contributed by atoms with Crippen molar-refractivity contribution in [1.82, 2.24) is 0 Å². The van der Waals surface area contributed by atoms with Crippen LogP contribution in [0, 0.1) is 13.8 Å². The number of carbonyl (C=O) groups is 2. The number of nitrogens with zero attached hydrogens (tertiary/aromatic N) is 2. The van der Waals surface area contributed by atoms with Crippen molar-refractivity contribution < 1.29 is 18.0 Å². The lowest BCUT2D eigenvalue weighted by Crippen LogP contribution is -2.38. The molecule has 1 N–H and O–H groups in total. The Morgan fingerprint density at radius 1 is 1.06 bits per heavy atom. The number of amides is 2. The van der Waals surface area contributed by atoms with Crippen molar-refractivity contribution in [2.75, 3.05) is 27.6 Å². The van der Waals surface area contributed by atoms with Crippen LogP contribution in [-0.2, 0) is 19.6 Å². The summed E-state index contributed by atoms with van der Waals surface area (Å²) >= 11 is 5.93. The van der Waals surface area contributed by atoms with Crippen molar-refractivity contribution in [3.8, 4) is 0 Å². The average Bonchev–Trinajstić information content (AvgIpc) is 3.23. The number of hydrogen-bond acceptors (Lipinski definition) is 4. The van der Waals surface area contributed by atoms with E-state index >= 15 is 0 Å². The molecule has 1 heterocycles. The van der Waals surface area contributed by atoms with Crippen molar-refractivity contribution in [2.45, 2.75) is 31.6 Å². The van der Waals surface area contributed by atoms with E-state index in [-0.39, 0.29) is 10.8 Å². The van der Waals surface area contributed by atoms with Gasteiger partial charge in [-0.2, -0.15) is 0 Å². The molecule has 0 aromatic heterocycles. The molecule has 1 saturated heterocycles. The van der Waals surface area contributed by atoms with Crippen LogP contribution in [0.25, 0.3) is 0 Å². The molecule has 35 heavy (non-hydrogen) atoms. The van der Waals surface area contributed by atoms with Crippen LogP contribution in [-0.4, -0.2) is 33.3 Å². The lowest BCUT2D eigenvalue weighted by Gasteiger charge is -2.25. The van der Waals surface area contributed by atoms with Crippen molar-refractivity contribution in [2.24, 2.45) is 0 Å². The van der Waals surface area contributed by atoms with Crippen LogP contribution < -0.4 is 14.5 Å². The number of halogens is 1. The second kappa shape index (κ2) is 10.1. The Hall–Kier alpha value is -3.36. The zero-order valence-corrected chi connectivity index (χ0v) is 21.1. The summed E-state index contributed by atoms with van der Waals surface area (Å²) in [5.74, 6) is -0.403. The molecule has 9 heteroatoms. The van der Waals surface area contributed by atoms with E-state index in [0.717, 1.165) is 27.5 Å². The highest BCUT2D eigenvalue weighted by Gasteiger charge is 2.28. The molecule has 1 aliphatic rings. The van der Waals surface area contributed by atoms with Gasteiger partial charge in [0.15, 0.2) is 0 Å². The molecule has 1 aliphatic heterocycles. The molecule has 0 bridgehead atoms. The van der Waals surface area contributed by atoms with Crippen molar-refractivity contribution in [3.63, 3.8) is 0 Å². The van der Waals surface area contributed by atoms with Crippen molar-refractivity contribution in [3.05, 3.63) is 82.9 Å². The second-order valence-corrected chi connectivity index (χ2v) is 10.8. The molecule has 0 saturated carbocycles. The van der Waals surface area contributed by atoms with Crippen LogP contribution >= 0.6 is 11.6 Å². The van der Waals surface area contributed by atoms with Gasteiger partial charge < -0.3 is 10.2 Å². The topological polar surface area (TPSA) is 86.8 Å². The average molecular weight is 512 g/mol. The molecule has 4 rings (SSSR count). The fourth-order valence-electron chi connectivity index (χ4n) is 4.10. The Kier molecular flexibility index (Phi) is 7.14. The lowest BCUT2D eigenvalue weighted by molar-refractivity contribution is -0.117. The van der Waals surface area contributed by atoms with E-state index in [1.54, 1.807) is 41.3 Å². The molecule has 182 valence electrons.